The number of nitrogens with zero attached hydrogens (tertiary/aromatic N) is 1. The smallest absolute Gasteiger partial charge is 0.129 e. The molecular weight excluding hydrogens is 255 g/mol. The van der Waals surface area contributed by atoms with Gasteiger partial charge >= 0.3 is 0 Å². The largest absolute Gasteiger partial charge is 0.381 e. The fourth-order valence-electron chi connectivity index (χ4n) is 2.63. The molecule has 0 radical (unpaired) electrons. The van der Waals surface area contributed by atoms with E-state index in [-0.39, 0.29) is 5.82 Å². The number of rotatable bonds is 5. The molecule has 1 aliphatic heterocycles. The maximum atomic E-state index is 14.1. The topological polar surface area (TPSA) is 24.5 Å². The summed E-state index contributed by atoms with van der Waals surface area (Å²) in [5.74, 6) is -0.130. The van der Waals surface area contributed by atoms with Crippen molar-refractivity contribution in [2.45, 2.75) is 45.3 Å². The first-order valence-corrected chi connectivity index (χ1v) is 7.41. The first-order valence-electron chi connectivity index (χ1n) is 7.41. The van der Waals surface area contributed by atoms with Crippen LogP contribution in [0, 0.1) is 5.82 Å². The van der Waals surface area contributed by atoms with Crippen molar-refractivity contribution in [3.63, 3.8) is 0 Å². The van der Waals surface area contributed by atoms with Crippen LogP contribution < -0.4 is 10.2 Å². The first kappa shape index (κ1) is 15.3. The minimum Gasteiger partial charge on any atom is -0.381 e. The zero-order valence-electron chi connectivity index (χ0n) is 12.7. The van der Waals surface area contributed by atoms with E-state index in [2.05, 4.69) is 31.1 Å². The summed E-state index contributed by atoms with van der Waals surface area (Å²) < 4.78 is 19.5. The van der Waals surface area contributed by atoms with E-state index in [9.17, 15) is 4.39 Å². The minimum absolute atomic E-state index is 0.130. The molecule has 1 aromatic carbocycles. The van der Waals surface area contributed by atoms with Gasteiger partial charge in [-0.3, -0.25) is 0 Å². The molecule has 1 aromatic rings. The van der Waals surface area contributed by atoms with Crippen LogP contribution in [-0.2, 0) is 11.3 Å². The molecule has 0 aromatic heterocycles. The second-order valence-electron chi connectivity index (χ2n) is 5.73. The molecule has 4 heteroatoms. The number of anilines is 1. The molecule has 3 nitrogen and oxygen atoms in total. The third-order valence-electron chi connectivity index (χ3n) is 3.90. The predicted octanol–water partition coefficient (Wildman–Crippen LogP) is 2.94. The van der Waals surface area contributed by atoms with Crippen molar-refractivity contribution >= 4 is 5.69 Å². The molecule has 0 amide bonds. The number of benzene rings is 1. The average Bonchev–Trinajstić information content (AvgIpc) is 2.45. The second-order valence-corrected chi connectivity index (χ2v) is 5.73. The Morgan fingerprint density at radius 1 is 1.35 bits per heavy atom. The number of halogens is 1. The van der Waals surface area contributed by atoms with Crippen LogP contribution in [0.2, 0.25) is 0 Å². The lowest BCUT2D eigenvalue weighted by molar-refractivity contribution is 0.0854. The van der Waals surface area contributed by atoms with Crippen LogP contribution in [-0.4, -0.2) is 32.3 Å². The summed E-state index contributed by atoms with van der Waals surface area (Å²) in [6, 6.07) is 6.12. The Bertz CT molecular complexity index is 430. The van der Waals surface area contributed by atoms with Gasteiger partial charge in [0.15, 0.2) is 0 Å². The highest BCUT2D eigenvalue weighted by molar-refractivity contribution is 5.54. The van der Waals surface area contributed by atoms with Crippen molar-refractivity contribution in [3.8, 4) is 0 Å². The molecule has 2 rings (SSSR count). The summed E-state index contributed by atoms with van der Waals surface area (Å²) in [5.41, 5.74) is 1.75. The average molecular weight is 280 g/mol. The third kappa shape index (κ3) is 3.70. The summed E-state index contributed by atoms with van der Waals surface area (Å²) in [7, 11) is 2.06. The molecule has 112 valence electrons. The summed E-state index contributed by atoms with van der Waals surface area (Å²) in [6.45, 7) is 6.30. The zero-order valence-corrected chi connectivity index (χ0v) is 12.7. The fraction of sp³-hybridized carbons (Fsp3) is 0.625. The first-order chi connectivity index (χ1) is 9.59. The number of hydrogen-bond acceptors (Lipinski definition) is 3. The van der Waals surface area contributed by atoms with E-state index in [1.807, 2.05) is 6.07 Å². The summed E-state index contributed by atoms with van der Waals surface area (Å²) >= 11 is 0. The third-order valence-corrected chi connectivity index (χ3v) is 3.90. The Kier molecular flexibility index (Phi) is 5.38. The molecule has 1 aliphatic rings. The van der Waals surface area contributed by atoms with Crippen molar-refractivity contribution in [3.05, 3.63) is 29.6 Å². The molecule has 0 unspecified atom stereocenters. The van der Waals surface area contributed by atoms with Crippen molar-refractivity contribution in [2.75, 3.05) is 25.2 Å². The highest BCUT2D eigenvalue weighted by atomic mass is 19.1. The maximum absolute atomic E-state index is 14.1. The molecule has 20 heavy (non-hydrogen) atoms. The zero-order chi connectivity index (χ0) is 14.5. The van der Waals surface area contributed by atoms with Gasteiger partial charge in [-0.25, -0.2) is 4.39 Å². The Morgan fingerprint density at radius 2 is 2.05 bits per heavy atom. The van der Waals surface area contributed by atoms with Crippen LogP contribution in [0.3, 0.4) is 0 Å². The van der Waals surface area contributed by atoms with Gasteiger partial charge in [0.2, 0.25) is 0 Å². The molecule has 1 heterocycles. The lowest BCUT2D eigenvalue weighted by Crippen LogP contribution is -2.37. The molecule has 0 bridgehead atoms. The van der Waals surface area contributed by atoms with Gasteiger partial charge in [-0.05, 0) is 25.0 Å². The minimum atomic E-state index is -0.130. The predicted molar refractivity (Wildman–Crippen MR) is 80.6 cm³/mol. The van der Waals surface area contributed by atoms with E-state index in [1.165, 1.54) is 0 Å². The highest BCUT2D eigenvalue weighted by Gasteiger charge is 2.21. The highest BCUT2D eigenvalue weighted by Crippen LogP contribution is 2.27. The van der Waals surface area contributed by atoms with Gasteiger partial charge in [-0.15, -0.1) is 0 Å². The van der Waals surface area contributed by atoms with Gasteiger partial charge in [0.05, 0.1) is 0 Å². The number of ether oxygens (including phenoxy) is 1. The fourth-order valence-corrected chi connectivity index (χ4v) is 2.63. The van der Waals surface area contributed by atoms with E-state index in [1.54, 1.807) is 12.1 Å². The van der Waals surface area contributed by atoms with Crippen molar-refractivity contribution in [1.82, 2.24) is 5.32 Å². The van der Waals surface area contributed by atoms with Gasteiger partial charge in [0.25, 0.3) is 0 Å². The Morgan fingerprint density at radius 3 is 2.70 bits per heavy atom. The van der Waals surface area contributed by atoms with Crippen LogP contribution in [0.15, 0.2) is 18.2 Å². The standard InChI is InChI=1S/C16H25FN2O/c1-12(2)18-11-14-15(17)5-4-6-16(14)19(3)13-7-9-20-10-8-13/h4-6,12-13,18H,7-11H2,1-3H3. The normalized spacial score (nSPS) is 16.6. The molecular formula is C16H25FN2O. The summed E-state index contributed by atoms with van der Waals surface area (Å²) in [5, 5.41) is 3.31. The second kappa shape index (κ2) is 7.04. The van der Waals surface area contributed by atoms with Gasteiger partial charge in [-0.2, -0.15) is 0 Å². The maximum Gasteiger partial charge on any atom is 0.129 e. The van der Waals surface area contributed by atoms with E-state index in [0.717, 1.165) is 37.3 Å². The van der Waals surface area contributed by atoms with Gasteiger partial charge in [-0.1, -0.05) is 19.9 Å². The Balaban J connectivity index is 2.18. The van der Waals surface area contributed by atoms with Crippen LogP contribution in [0.25, 0.3) is 0 Å². The van der Waals surface area contributed by atoms with Crippen molar-refractivity contribution < 1.29 is 9.13 Å². The summed E-state index contributed by atoms with van der Waals surface area (Å²) in [4.78, 5) is 2.21. The Labute approximate surface area is 121 Å². The molecule has 1 N–H and O–H groups in total. The van der Waals surface area contributed by atoms with Gasteiger partial charge < -0.3 is 15.0 Å². The lowest BCUT2D eigenvalue weighted by atomic mass is 10.0. The molecule has 0 aliphatic carbocycles. The summed E-state index contributed by atoms with van der Waals surface area (Å²) in [6.07, 6.45) is 2.01. The van der Waals surface area contributed by atoms with Crippen LogP contribution in [0.4, 0.5) is 10.1 Å². The van der Waals surface area contributed by atoms with E-state index in [0.29, 0.717) is 18.6 Å². The van der Waals surface area contributed by atoms with E-state index < -0.39 is 0 Å². The van der Waals surface area contributed by atoms with Crippen LogP contribution in [0.5, 0.6) is 0 Å². The van der Waals surface area contributed by atoms with Crippen molar-refractivity contribution in [2.24, 2.45) is 0 Å². The van der Waals surface area contributed by atoms with Crippen LogP contribution in [0.1, 0.15) is 32.3 Å². The van der Waals surface area contributed by atoms with E-state index in [4.69, 9.17) is 4.74 Å². The monoisotopic (exact) mass is 280 g/mol. The molecule has 1 fully saturated rings. The SMILES string of the molecule is CC(C)NCc1c(F)cccc1N(C)C1CCOCC1. The Hall–Kier alpha value is -1.13. The van der Waals surface area contributed by atoms with Gasteiger partial charge in [0, 0.05) is 50.1 Å². The molecule has 0 atom stereocenters. The number of hydrogen-bond donors (Lipinski definition) is 1. The molecule has 1 saturated heterocycles. The van der Waals surface area contributed by atoms with E-state index >= 15 is 0 Å². The van der Waals surface area contributed by atoms with Crippen molar-refractivity contribution in [1.29, 1.82) is 0 Å². The lowest BCUT2D eigenvalue weighted by Gasteiger charge is -2.34. The molecule has 0 saturated carbocycles. The quantitative estimate of drug-likeness (QED) is 0.897. The molecule has 0 spiro atoms. The van der Waals surface area contributed by atoms with Gasteiger partial charge in [0.1, 0.15) is 5.82 Å². The van der Waals surface area contributed by atoms with Crippen LogP contribution >= 0.6 is 0 Å². The number of nitrogens with one attached hydrogen (secondary N) is 1.